The zero-order chi connectivity index (χ0) is 2.71. The van der Waals surface area contributed by atoms with Crippen LogP contribution in [0, 0.1) is 0 Å². The number of hydrogen-bond acceptors (Lipinski definition) is 0. The first kappa shape index (κ1) is 16.3. The van der Waals surface area contributed by atoms with Crippen LogP contribution in [0.15, 0.2) is 0 Å². The molecule has 0 saturated heterocycles. The molecule has 0 aliphatic carbocycles. The van der Waals surface area contributed by atoms with E-state index in [0.29, 0.717) is 13.3 Å². The number of halogens is 4. The van der Waals surface area contributed by atoms with E-state index >= 15 is 0 Å². The Morgan fingerprint density at radius 3 is 1.40 bits per heavy atom. The smallest absolute Gasteiger partial charge is 1.00 e. The van der Waals surface area contributed by atoms with Crippen LogP contribution >= 0.6 is 61.2 Å². The molecule has 5 heavy (non-hydrogen) atoms. The zero-order valence-electron chi connectivity index (χ0n) is 3.54. The summed E-state index contributed by atoms with van der Waals surface area (Å²) >= 11 is 5.30. The van der Waals surface area contributed by atoms with Gasteiger partial charge in [0.25, 0.3) is 0 Å². The minimum Gasteiger partial charge on any atom is -1.00 e. The Bertz CT molecular complexity index is 7.51. The van der Waals surface area contributed by atoms with Gasteiger partial charge in [-0.2, -0.15) is 0 Å². The molecule has 0 N–H and O–H groups in total. The van der Waals surface area contributed by atoms with Crippen LogP contribution in [0.5, 0.6) is 0 Å². The molecule has 0 aromatic carbocycles. The first-order chi connectivity index (χ1) is 1.41. The molecular weight excluding hydrogens is 547 g/mol. The summed E-state index contributed by atoms with van der Waals surface area (Å²) in [4.78, 5) is 0. The van der Waals surface area contributed by atoms with E-state index in [1.54, 1.807) is 0 Å². The first-order valence-electron chi connectivity index (χ1n) is 0.286. The Labute approximate surface area is 123 Å². The third-order valence-corrected chi connectivity index (χ3v) is 0. The summed E-state index contributed by atoms with van der Waals surface area (Å²) in [6.45, 7) is 0. The monoisotopic (exact) mass is 549 g/mol. The summed E-state index contributed by atoms with van der Waals surface area (Å²) in [7, 11) is 0. The van der Waals surface area contributed by atoms with E-state index in [-0.39, 0.29) is 76.8 Å². The average Bonchev–Trinajstić information content (AvgIpc) is 0.918. The summed E-state index contributed by atoms with van der Waals surface area (Å²) in [5, 5.41) is 0. The maximum absolute atomic E-state index is 2.39. The maximum Gasteiger partial charge on any atom is 1.00 e. The van der Waals surface area contributed by atoms with Gasteiger partial charge in [-0.05, 0) is 0 Å². The summed E-state index contributed by atoms with van der Waals surface area (Å²) < 4.78 is 0. The Balaban J connectivity index is -0.00000000667. The van der Waals surface area contributed by atoms with Crippen LogP contribution in [0.1, 0.15) is 1.43 Å². The minimum atomic E-state index is 0. The largest absolute Gasteiger partial charge is 1.00 e. The summed E-state index contributed by atoms with van der Waals surface area (Å²) in [5.41, 5.74) is 0. The fourth-order valence-corrected chi connectivity index (χ4v) is 0. The molecule has 0 amide bonds. The van der Waals surface area contributed by atoms with E-state index in [0.717, 1.165) is 0 Å². The molecule has 32 valence electrons. The summed E-state index contributed by atoms with van der Waals surface area (Å²) in [6, 6.07) is 0. The molecule has 0 unspecified atom stereocenters. The SMILES string of the molecule is I.I[I-]I.[H-].[K+]. The fraction of sp³-hybridized carbons (Fsp3) is 0. The van der Waals surface area contributed by atoms with Crippen molar-refractivity contribution in [3.63, 3.8) is 0 Å². The van der Waals surface area contributed by atoms with Crippen molar-refractivity contribution in [1.82, 2.24) is 0 Å². The molecule has 0 radical (unpaired) electrons. The van der Waals surface area contributed by atoms with Gasteiger partial charge in [-0.25, -0.2) is 0 Å². The normalized spacial score (nSPS) is 4.40. The Morgan fingerprint density at radius 1 is 1.40 bits per heavy atom. The van der Waals surface area contributed by atoms with Crippen LogP contribution in [0.2, 0.25) is 0 Å². The second-order valence-corrected chi connectivity index (χ2v) is 16.3. The molecule has 0 aliphatic rings. The van der Waals surface area contributed by atoms with Gasteiger partial charge >= 0.3 is 102 Å². The molecule has 0 rings (SSSR count). The van der Waals surface area contributed by atoms with Crippen LogP contribution in [0.4, 0.5) is 0 Å². The average molecular weight is 549 g/mol. The van der Waals surface area contributed by atoms with Crippen LogP contribution in [-0.2, 0) is 0 Å². The standard InChI is InChI=1S/I3.HI.K.H/c1-3-2;;;/h;1H;;/q-1;;+1;-1. The minimum absolute atomic E-state index is 0. The van der Waals surface area contributed by atoms with E-state index in [9.17, 15) is 0 Å². The van der Waals surface area contributed by atoms with Gasteiger partial charge in [-0.15, -0.1) is 24.0 Å². The van der Waals surface area contributed by atoms with Crippen molar-refractivity contribution in [2.75, 3.05) is 0 Å². The van der Waals surface area contributed by atoms with Gasteiger partial charge in [-0.3, -0.25) is 0 Å². The number of hydrogen-bond donors (Lipinski definition) is 0. The van der Waals surface area contributed by atoms with E-state index in [1.807, 2.05) is 0 Å². The van der Waals surface area contributed by atoms with E-state index in [1.165, 1.54) is 0 Å². The van der Waals surface area contributed by atoms with Crippen LogP contribution in [0.3, 0.4) is 0 Å². The van der Waals surface area contributed by atoms with Crippen molar-refractivity contribution in [2.24, 2.45) is 0 Å². The Kier molecular flexibility index (Phi) is 51.5. The van der Waals surface area contributed by atoms with Crippen molar-refractivity contribution < 1.29 is 66.1 Å². The van der Waals surface area contributed by atoms with Gasteiger partial charge in [-0.1, -0.05) is 0 Å². The van der Waals surface area contributed by atoms with Gasteiger partial charge in [0.15, 0.2) is 0 Å². The van der Waals surface area contributed by atoms with Gasteiger partial charge in [0, 0.05) is 0 Å². The fourth-order valence-electron chi connectivity index (χ4n) is 0. The topological polar surface area (TPSA) is 0 Å². The van der Waals surface area contributed by atoms with Crippen LogP contribution < -0.4 is 64.6 Å². The van der Waals surface area contributed by atoms with Crippen LogP contribution in [-0.4, -0.2) is 0 Å². The number of rotatable bonds is 0. The van der Waals surface area contributed by atoms with E-state index < -0.39 is 0 Å². The molecule has 0 spiro atoms. The molecule has 0 aromatic heterocycles. The van der Waals surface area contributed by atoms with Crippen molar-refractivity contribution in [3.05, 3.63) is 0 Å². The molecule has 0 aliphatic heterocycles. The van der Waals surface area contributed by atoms with Crippen molar-refractivity contribution in [3.8, 4) is 0 Å². The Hall–Kier alpha value is 4.56. The van der Waals surface area contributed by atoms with Gasteiger partial charge < -0.3 is 1.43 Å². The molecule has 0 saturated carbocycles. The second-order valence-electron chi connectivity index (χ2n) is 0.0540. The van der Waals surface area contributed by atoms with Crippen LogP contribution in [0.25, 0.3) is 0 Å². The quantitative estimate of drug-likeness (QED) is 0.218. The molecule has 0 bridgehead atoms. The summed E-state index contributed by atoms with van der Waals surface area (Å²) in [6.07, 6.45) is 0. The van der Waals surface area contributed by atoms with Crippen molar-refractivity contribution >= 4 is 61.2 Å². The predicted octanol–water partition coefficient (Wildman–Crippen LogP) is -3.49. The van der Waals surface area contributed by atoms with Gasteiger partial charge in [0.1, 0.15) is 0 Å². The molecule has 0 nitrogen and oxygen atoms in total. The molecular formula is H2I4K-. The molecule has 5 heteroatoms. The van der Waals surface area contributed by atoms with Crippen molar-refractivity contribution in [1.29, 1.82) is 0 Å². The van der Waals surface area contributed by atoms with Crippen molar-refractivity contribution in [2.45, 2.75) is 0 Å². The molecule has 0 aromatic rings. The van der Waals surface area contributed by atoms with Gasteiger partial charge in [0.05, 0.1) is 0 Å². The molecule has 0 atom stereocenters. The zero-order valence-corrected chi connectivity index (χ0v) is 14.5. The van der Waals surface area contributed by atoms with E-state index in [4.69, 9.17) is 0 Å². The molecule has 0 fully saturated rings. The second kappa shape index (κ2) is 15.8. The van der Waals surface area contributed by atoms with Gasteiger partial charge in [0.2, 0.25) is 0 Å². The first-order valence-corrected chi connectivity index (χ1v) is 12.9. The Morgan fingerprint density at radius 2 is 1.40 bits per heavy atom. The molecule has 0 heterocycles. The maximum atomic E-state index is 2.39. The third kappa shape index (κ3) is 17.7. The summed E-state index contributed by atoms with van der Waals surface area (Å²) in [5.74, 6) is 0. The van der Waals surface area contributed by atoms with E-state index in [2.05, 4.69) is 37.2 Å². The third-order valence-electron chi connectivity index (χ3n) is 0. The predicted molar refractivity (Wildman–Crippen MR) is 44.6 cm³/mol.